The van der Waals surface area contributed by atoms with Gasteiger partial charge in [0, 0.05) is 12.6 Å². The second-order valence-electron chi connectivity index (χ2n) is 6.95. The van der Waals surface area contributed by atoms with Gasteiger partial charge in [0.2, 0.25) is 12.7 Å². The van der Waals surface area contributed by atoms with Crippen LogP contribution in [-0.4, -0.2) is 28.7 Å². The predicted molar refractivity (Wildman–Crippen MR) is 113 cm³/mol. The summed E-state index contributed by atoms with van der Waals surface area (Å²) in [7, 11) is 2.05. The number of ether oxygens (including phenoxy) is 2. The fourth-order valence-corrected chi connectivity index (χ4v) is 4.58. The summed E-state index contributed by atoms with van der Waals surface area (Å²) < 4.78 is 17.9. The Morgan fingerprint density at radius 1 is 1.10 bits per heavy atom. The van der Waals surface area contributed by atoms with Crippen LogP contribution >= 0.6 is 22.9 Å². The van der Waals surface area contributed by atoms with Crippen LogP contribution in [0.25, 0.3) is 21.7 Å². The smallest absolute Gasteiger partial charge is 0.231 e. The number of para-hydroxylation sites is 1. The number of fused-ring (bicyclic) bond motifs is 2. The van der Waals surface area contributed by atoms with E-state index in [0.717, 1.165) is 28.5 Å². The summed E-state index contributed by atoms with van der Waals surface area (Å²) in [4.78, 5) is 11.6. The molecule has 29 heavy (non-hydrogen) atoms. The molecule has 0 bridgehead atoms. The van der Waals surface area contributed by atoms with E-state index in [1.165, 1.54) is 4.70 Å². The van der Waals surface area contributed by atoms with E-state index in [0.29, 0.717) is 34.5 Å². The minimum Gasteiger partial charge on any atom is -0.454 e. The van der Waals surface area contributed by atoms with Crippen molar-refractivity contribution in [2.45, 2.75) is 20.0 Å². The fraction of sp³-hybridized carbons (Fsp3) is 0.238. The molecule has 0 unspecified atom stereocenters. The summed E-state index contributed by atoms with van der Waals surface area (Å²) in [6.07, 6.45) is 0. The molecule has 4 aromatic rings. The number of rotatable bonds is 5. The van der Waals surface area contributed by atoms with Crippen LogP contribution in [0.2, 0.25) is 5.02 Å². The van der Waals surface area contributed by atoms with Crippen molar-refractivity contribution in [1.29, 1.82) is 0 Å². The lowest BCUT2D eigenvalue weighted by Gasteiger charge is -2.13. The molecule has 6 nitrogen and oxygen atoms in total. The normalized spacial score (nSPS) is 13.0. The third kappa shape index (κ3) is 3.57. The molecule has 1 aliphatic rings. The Hall–Kier alpha value is -2.61. The predicted octanol–water partition coefficient (Wildman–Crippen LogP) is 5.27. The molecule has 148 valence electrons. The molecule has 0 atom stereocenters. The molecule has 2 aromatic heterocycles. The standard InChI is InChI=1S/C21H18ClN3O3S/c1-12-16(9-25(2)10-20-23-15-5-3-4-6-19(15)29-20)24-21(28-12)13-7-17-18(8-14(13)22)27-11-26-17/h3-8H,9-11H2,1-2H3. The van der Waals surface area contributed by atoms with Crippen molar-refractivity contribution in [2.75, 3.05) is 13.8 Å². The Morgan fingerprint density at radius 3 is 2.72 bits per heavy atom. The van der Waals surface area contributed by atoms with E-state index in [-0.39, 0.29) is 6.79 Å². The van der Waals surface area contributed by atoms with Crippen LogP contribution in [-0.2, 0) is 13.1 Å². The average molecular weight is 428 g/mol. The summed E-state index contributed by atoms with van der Waals surface area (Å²) in [5.41, 5.74) is 2.61. The minimum absolute atomic E-state index is 0.196. The molecule has 5 rings (SSSR count). The molecule has 0 spiro atoms. The molecule has 0 N–H and O–H groups in total. The zero-order valence-corrected chi connectivity index (χ0v) is 17.5. The van der Waals surface area contributed by atoms with Crippen LogP contribution in [0.15, 0.2) is 40.8 Å². The van der Waals surface area contributed by atoms with Crippen LogP contribution in [0.1, 0.15) is 16.5 Å². The van der Waals surface area contributed by atoms with Crippen molar-refractivity contribution in [2.24, 2.45) is 0 Å². The molecule has 0 fully saturated rings. The molecule has 0 aliphatic carbocycles. The minimum atomic E-state index is 0.196. The number of thiazole rings is 1. The average Bonchev–Trinajstić information content (AvgIpc) is 3.39. The van der Waals surface area contributed by atoms with Gasteiger partial charge in [0.25, 0.3) is 0 Å². The van der Waals surface area contributed by atoms with Crippen LogP contribution in [0.4, 0.5) is 0 Å². The van der Waals surface area contributed by atoms with Gasteiger partial charge >= 0.3 is 0 Å². The lowest BCUT2D eigenvalue weighted by molar-refractivity contribution is 0.174. The maximum atomic E-state index is 6.40. The maximum absolute atomic E-state index is 6.40. The van der Waals surface area contributed by atoms with Gasteiger partial charge in [-0.2, -0.15) is 0 Å². The zero-order chi connectivity index (χ0) is 20.0. The number of nitrogens with zero attached hydrogens (tertiary/aromatic N) is 3. The first kappa shape index (κ1) is 18.4. The fourth-order valence-electron chi connectivity index (χ4n) is 3.30. The summed E-state index contributed by atoms with van der Waals surface area (Å²) in [5.74, 6) is 2.53. The summed E-state index contributed by atoms with van der Waals surface area (Å²) >= 11 is 8.12. The number of oxazole rings is 1. The highest BCUT2D eigenvalue weighted by atomic mass is 35.5. The van der Waals surface area contributed by atoms with Gasteiger partial charge in [0.1, 0.15) is 10.8 Å². The second kappa shape index (κ2) is 7.33. The number of aryl methyl sites for hydroxylation is 1. The Bertz CT molecular complexity index is 1170. The van der Waals surface area contributed by atoms with Gasteiger partial charge in [-0.25, -0.2) is 9.97 Å². The van der Waals surface area contributed by atoms with Crippen molar-refractivity contribution in [3.05, 3.63) is 57.9 Å². The first-order chi connectivity index (χ1) is 14.1. The molecule has 0 radical (unpaired) electrons. The molecule has 3 heterocycles. The molecule has 2 aromatic carbocycles. The lowest BCUT2D eigenvalue weighted by Crippen LogP contribution is -2.17. The number of benzene rings is 2. The number of hydrogen-bond acceptors (Lipinski definition) is 7. The first-order valence-electron chi connectivity index (χ1n) is 9.15. The van der Waals surface area contributed by atoms with Crippen molar-refractivity contribution < 1.29 is 13.9 Å². The van der Waals surface area contributed by atoms with Crippen molar-refractivity contribution >= 4 is 33.2 Å². The third-order valence-electron chi connectivity index (χ3n) is 4.75. The quantitative estimate of drug-likeness (QED) is 0.432. The molecular formula is C21H18ClN3O3S. The Labute approximate surface area is 176 Å². The molecule has 0 amide bonds. The SMILES string of the molecule is Cc1oc(-c2cc3c(cc2Cl)OCO3)nc1CN(C)Cc1nc2ccccc2s1. The van der Waals surface area contributed by atoms with E-state index in [1.807, 2.05) is 38.2 Å². The topological polar surface area (TPSA) is 60.6 Å². The summed E-state index contributed by atoms with van der Waals surface area (Å²) in [6.45, 7) is 3.50. The zero-order valence-electron chi connectivity index (χ0n) is 15.9. The number of aromatic nitrogens is 2. The van der Waals surface area contributed by atoms with Gasteiger partial charge in [0.05, 0.1) is 33.0 Å². The molecular weight excluding hydrogens is 410 g/mol. The van der Waals surface area contributed by atoms with E-state index in [4.69, 9.17) is 30.5 Å². The molecule has 8 heteroatoms. The van der Waals surface area contributed by atoms with Gasteiger partial charge in [-0.3, -0.25) is 4.90 Å². The van der Waals surface area contributed by atoms with Gasteiger partial charge in [0.15, 0.2) is 11.5 Å². The van der Waals surface area contributed by atoms with E-state index < -0.39 is 0 Å². The first-order valence-corrected chi connectivity index (χ1v) is 10.3. The highest BCUT2D eigenvalue weighted by Crippen LogP contribution is 2.41. The number of hydrogen-bond donors (Lipinski definition) is 0. The summed E-state index contributed by atoms with van der Waals surface area (Å²) in [5, 5.41) is 1.60. The van der Waals surface area contributed by atoms with Gasteiger partial charge in [-0.05, 0) is 32.2 Å². The van der Waals surface area contributed by atoms with Crippen LogP contribution in [0.5, 0.6) is 11.5 Å². The van der Waals surface area contributed by atoms with Crippen LogP contribution < -0.4 is 9.47 Å². The Balaban J connectivity index is 1.35. The summed E-state index contributed by atoms with van der Waals surface area (Å²) in [6, 6.07) is 11.7. The van der Waals surface area contributed by atoms with Crippen LogP contribution in [0.3, 0.4) is 0 Å². The van der Waals surface area contributed by atoms with Gasteiger partial charge in [-0.1, -0.05) is 23.7 Å². The highest BCUT2D eigenvalue weighted by Gasteiger charge is 2.21. The van der Waals surface area contributed by atoms with E-state index in [1.54, 1.807) is 17.4 Å². The molecule has 0 saturated heterocycles. The third-order valence-corrected chi connectivity index (χ3v) is 6.08. The van der Waals surface area contributed by atoms with E-state index in [2.05, 4.69) is 16.0 Å². The number of halogens is 1. The van der Waals surface area contributed by atoms with Gasteiger partial charge in [-0.15, -0.1) is 11.3 Å². The highest BCUT2D eigenvalue weighted by molar-refractivity contribution is 7.18. The van der Waals surface area contributed by atoms with E-state index in [9.17, 15) is 0 Å². The Kier molecular flexibility index (Phi) is 4.66. The second-order valence-corrected chi connectivity index (χ2v) is 8.48. The van der Waals surface area contributed by atoms with E-state index >= 15 is 0 Å². The van der Waals surface area contributed by atoms with Crippen LogP contribution in [0, 0.1) is 6.92 Å². The molecule has 0 saturated carbocycles. The maximum Gasteiger partial charge on any atom is 0.231 e. The van der Waals surface area contributed by atoms with Crippen molar-refractivity contribution in [1.82, 2.24) is 14.9 Å². The van der Waals surface area contributed by atoms with Crippen molar-refractivity contribution in [3.63, 3.8) is 0 Å². The van der Waals surface area contributed by atoms with Gasteiger partial charge < -0.3 is 13.9 Å². The lowest BCUT2D eigenvalue weighted by atomic mass is 10.2. The van der Waals surface area contributed by atoms with Crippen molar-refractivity contribution in [3.8, 4) is 23.0 Å². The monoisotopic (exact) mass is 427 g/mol. The Morgan fingerprint density at radius 2 is 1.90 bits per heavy atom. The molecule has 1 aliphatic heterocycles. The largest absolute Gasteiger partial charge is 0.454 e.